The van der Waals surface area contributed by atoms with E-state index in [1.54, 1.807) is 7.11 Å². The minimum atomic E-state index is -0.756. The average Bonchev–Trinajstić information content (AvgIpc) is 3.13. The number of ether oxygens (including phenoxy) is 1. The zero-order chi connectivity index (χ0) is 13.7. The van der Waals surface area contributed by atoms with E-state index in [9.17, 15) is 4.79 Å². The van der Waals surface area contributed by atoms with Crippen LogP contribution in [0.2, 0.25) is 0 Å². The molecule has 0 atom stereocenters. The standard InChI is InChI=1S/C15H21NO3/c1-19-11-14-4-2-3-13(7-14)9-16(10-15(17)18)8-12-5-6-12/h2-4,7,12H,5-6,8-11H2,1H3,(H,17,18). The Labute approximate surface area is 114 Å². The van der Waals surface area contributed by atoms with Gasteiger partial charge in [-0.25, -0.2) is 0 Å². The second-order valence-corrected chi connectivity index (χ2v) is 5.26. The van der Waals surface area contributed by atoms with Crippen LogP contribution in [0.25, 0.3) is 0 Å². The molecule has 0 saturated heterocycles. The third-order valence-corrected chi connectivity index (χ3v) is 3.28. The third kappa shape index (κ3) is 5.01. The fourth-order valence-corrected chi connectivity index (χ4v) is 2.28. The summed E-state index contributed by atoms with van der Waals surface area (Å²) in [6.45, 7) is 2.29. The number of hydrogen-bond acceptors (Lipinski definition) is 3. The molecule has 1 saturated carbocycles. The van der Waals surface area contributed by atoms with E-state index in [0.29, 0.717) is 19.1 Å². The quantitative estimate of drug-likeness (QED) is 0.780. The number of methoxy groups -OCH3 is 1. The molecule has 1 aromatic rings. The molecule has 0 radical (unpaired) electrons. The van der Waals surface area contributed by atoms with E-state index in [-0.39, 0.29) is 6.54 Å². The van der Waals surface area contributed by atoms with Crippen LogP contribution in [-0.4, -0.2) is 36.2 Å². The summed E-state index contributed by atoms with van der Waals surface area (Å²) in [4.78, 5) is 12.9. The van der Waals surface area contributed by atoms with Crippen molar-refractivity contribution in [3.8, 4) is 0 Å². The number of carbonyl (C=O) groups is 1. The molecule has 1 N–H and O–H groups in total. The second kappa shape index (κ2) is 6.68. The topological polar surface area (TPSA) is 49.8 Å². The van der Waals surface area contributed by atoms with Crippen molar-refractivity contribution in [2.45, 2.75) is 26.0 Å². The van der Waals surface area contributed by atoms with Gasteiger partial charge in [0.2, 0.25) is 0 Å². The van der Waals surface area contributed by atoms with Gasteiger partial charge in [-0.2, -0.15) is 0 Å². The van der Waals surface area contributed by atoms with E-state index in [0.717, 1.165) is 17.7 Å². The van der Waals surface area contributed by atoms with Gasteiger partial charge >= 0.3 is 5.97 Å². The predicted molar refractivity (Wildman–Crippen MR) is 72.8 cm³/mol. The summed E-state index contributed by atoms with van der Waals surface area (Å²) in [5.41, 5.74) is 2.28. The van der Waals surface area contributed by atoms with Crippen LogP contribution < -0.4 is 0 Å². The van der Waals surface area contributed by atoms with Crippen LogP contribution in [0.4, 0.5) is 0 Å². The minimum absolute atomic E-state index is 0.116. The highest BCUT2D eigenvalue weighted by atomic mass is 16.5. The molecule has 0 heterocycles. The Bertz CT molecular complexity index is 429. The molecular weight excluding hydrogens is 242 g/mol. The van der Waals surface area contributed by atoms with Gasteiger partial charge in [-0.05, 0) is 29.9 Å². The van der Waals surface area contributed by atoms with Crippen molar-refractivity contribution in [2.75, 3.05) is 20.2 Å². The highest BCUT2D eigenvalue weighted by Gasteiger charge is 2.25. The van der Waals surface area contributed by atoms with E-state index in [2.05, 4.69) is 6.07 Å². The lowest BCUT2D eigenvalue weighted by Crippen LogP contribution is -2.31. The normalized spacial score (nSPS) is 14.8. The van der Waals surface area contributed by atoms with Gasteiger partial charge in [0.25, 0.3) is 0 Å². The Kier molecular flexibility index (Phi) is 4.93. The molecule has 0 aliphatic heterocycles. The molecule has 0 aromatic heterocycles. The molecule has 0 amide bonds. The largest absolute Gasteiger partial charge is 0.480 e. The molecule has 1 aromatic carbocycles. The van der Waals surface area contributed by atoms with Crippen molar-refractivity contribution >= 4 is 5.97 Å². The Morgan fingerprint density at radius 1 is 1.42 bits per heavy atom. The van der Waals surface area contributed by atoms with Crippen LogP contribution in [0, 0.1) is 5.92 Å². The first-order chi connectivity index (χ1) is 9.17. The summed E-state index contributed by atoms with van der Waals surface area (Å²) in [6, 6.07) is 8.15. The molecule has 0 unspecified atom stereocenters. The first-order valence-corrected chi connectivity index (χ1v) is 6.68. The van der Waals surface area contributed by atoms with Gasteiger partial charge in [0.15, 0.2) is 0 Å². The molecule has 19 heavy (non-hydrogen) atoms. The summed E-state index contributed by atoms with van der Waals surface area (Å²) >= 11 is 0. The summed E-state index contributed by atoms with van der Waals surface area (Å²) < 4.78 is 5.12. The van der Waals surface area contributed by atoms with Gasteiger partial charge < -0.3 is 9.84 Å². The Balaban J connectivity index is 1.97. The van der Waals surface area contributed by atoms with Crippen molar-refractivity contribution in [3.05, 3.63) is 35.4 Å². The van der Waals surface area contributed by atoms with Crippen LogP contribution in [0.1, 0.15) is 24.0 Å². The van der Waals surface area contributed by atoms with E-state index in [4.69, 9.17) is 9.84 Å². The molecule has 2 rings (SSSR count). The maximum absolute atomic E-state index is 10.9. The van der Waals surface area contributed by atoms with Gasteiger partial charge in [-0.1, -0.05) is 24.3 Å². The van der Waals surface area contributed by atoms with Crippen molar-refractivity contribution in [1.29, 1.82) is 0 Å². The van der Waals surface area contributed by atoms with Gasteiger partial charge in [0, 0.05) is 20.2 Å². The number of nitrogens with zero attached hydrogens (tertiary/aromatic N) is 1. The van der Waals surface area contributed by atoms with E-state index >= 15 is 0 Å². The lowest BCUT2D eigenvalue weighted by Gasteiger charge is -2.20. The van der Waals surface area contributed by atoms with Gasteiger partial charge in [0.05, 0.1) is 13.2 Å². The molecule has 0 bridgehead atoms. The smallest absolute Gasteiger partial charge is 0.317 e. The SMILES string of the molecule is COCc1cccc(CN(CC(=O)O)CC2CC2)c1. The monoisotopic (exact) mass is 263 g/mol. The Hall–Kier alpha value is -1.39. The van der Waals surface area contributed by atoms with Crippen LogP contribution in [0.3, 0.4) is 0 Å². The average molecular weight is 263 g/mol. The van der Waals surface area contributed by atoms with Crippen molar-refractivity contribution < 1.29 is 14.6 Å². The first kappa shape index (κ1) is 14.0. The van der Waals surface area contributed by atoms with Gasteiger partial charge in [0.1, 0.15) is 0 Å². The minimum Gasteiger partial charge on any atom is -0.480 e. The summed E-state index contributed by atoms with van der Waals surface area (Å²) in [6.07, 6.45) is 2.47. The summed E-state index contributed by atoms with van der Waals surface area (Å²) in [5, 5.41) is 8.97. The zero-order valence-electron chi connectivity index (χ0n) is 11.3. The zero-order valence-corrected chi connectivity index (χ0v) is 11.3. The van der Waals surface area contributed by atoms with Crippen molar-refractivity contribution in [2.24, 2.45) is 5.92 Å². The maximum Gasteiger partial charge on any atom is 0.317 e. The lowest BCUT2D eigenvalue weighted by molar-refractivity contribution is -0.138. The number of carboxylic acids is 1. The fraction of sp³-hybridized carbons (Fsp3) is 0.533. The van der Waals surface area contributed by atoms with Gasteiger partial charge in [-0.15, -0.1) is 0 Å². The second-order valence-electron chi connectivity index (χ2n) is 5.26. The highest BCUT2D eigenvalue weighted by Crippen LogP contribution is 2.30. The van der Waals surface area contributed by atoms with E-state index < -0.39 is 5.97 Å². The summed E-state index contributed by atoms with van der Waals surface area (Å²) in [7, 11) is 1.68. The van der Waals surface area contributed by atoms with Gasteiger partial charge in [-0.3, -0.25) is 9.69 Å². The number of benzene rings is 1. The van der Waals surface area contributed by atoms with Crippen molar-refractivity contribution in [1.82, 2.24) is 4.90 Å². The first-order valence-electron chi connectivity index (χ1n) is 6.68. The molecule has 4 heteroatoms. The number of rotatable bonds is 8. The highest BCUT2D eigenvalue weighted by molar-refractivity contribution is 5.69. The molecule has 0 spiro atoms. The molecular formula is C15H21NO3. The molecule has 1 fully saturated rings. The maximum atomic E-state index is 10.9. The predicted octanol–water partition coefficient (Wildman–Crippen LogP) is 2.13. The fourth-order valence-electron chi connectivity index (χ4n) is 2.28. The Morgan fingerprint density at radius 2 is 2.16 bits per heavy atom. The molecule has 104 valence electrons. The third-order valence-electron chi connectivity index (χ3n) is 3.28. The molecule has 4 nitrogen and oxygen atoms in total. The van der Waals surface area contributed by atoms with E-state index in [1.165, 1.54) is 12.8 Å². The number of carboxylic acid groups (broad SMARTS) is 1. The lowest BCUT2D eigenvalue weighted by atomic mass is 10.1. The number of hydrogen-bond donors (Lipinski definition) is 1. The molecule has 1 aliphatic carbocycles. The summed E-state index contributed by atoms with van der Waals surface area (Å²) in [5.74, 6) is -0.0600. The van der Waals surface area contributed by atoms with Crippen LogP contribution in [0.5, 0.6) is 0 Å². The van der Waals surface area contributed by atoms with Crippen LogP contribution in [0.15, 0.2) is 24.3 Å². The molecule has 1 aliphatic rings. The van der Waals surface area contributed by atoms with Crippen LogP contribution in [-0.2, 0) is 22.7 Å². The number of aliphatic carboxylic acids is 1. The Morgan fingerprint density at radius 3 is 2.79 bits per heavy atom. The van der Waals surface area contributed by atoms with Crippen LogP contribution >= 0.6 is 0 Å². The van der Waals surface area contributed by atoms with Crippen molar-refractivity contribution in [3.63, 3.8) is 0 Å². The van der Waals surface area contributed by atoms with E-state index in [1.807, 2.05) is 23.1 Å².